The zero-order valence-corrected chi connectivity index (χ0v) is 25.4. The fourth-order valence-corrected chi connectivity index (χ4v) is 4.91. The molecule has 3 aromatic carbocycles. The first-order valence-corrected chi connectivity index (χ1v) is 15.0. The van der Waals surface area contributed by atoms with Gasteiger partial charge in [0.2, 0.25) is 11.8 Å². The maximum atomic E-state index is 13.9. The molecule has 44 heavy (non-hydrogen) atoms. The van der Waals surface area contributed by atoms with Crippen LogP contribution < -0.4 is 26.6 Å². The Morgan fingerprint density at radius 1 is 0.727 bits per heavy atom. The van der Waals surface area contributed by atoms with Crippen molar-refractivity contribution < 1.29 is 23.9 Å². The third kappa shape index (κ3) is 9.86. The van der Waals surface area contributed by atoms with E-state index in [9.17, 15) is 19.2 Å². The molecule has 1 unspecified atom stereocenters. The van der Waals surface area contributed by atoms with Crippen molar-refractivity contribution in [3.63, 3.8) is 0 Å². The van der Waals surface area contributed by atoms with Gasteiger partial charge in [0.1, 0.15) is 18.2 Å². The van der Waals surface area contributed by atoms with Crippen LogP contribution in [0.15, 0.2) is 91.0 Å². The molecular formula is C34H43N5O5. The molecule has 0 aliphatic carbocycles. The summed E-state index contributed by atoms with van der Waals surface area (Å²) in [5.41, 5.74) is 1.41. The van der Waals surface area contributed by atoms with E-state index < -0.39 is 35.5 Å². The predicted molar refractivity (Wildman–Crippen MR) is 170 cm³/mol. The zero-order chi connectivity index (χ0) is 31.6. The molecule has 0 saturated heterocycles. The Labute approximate surface area is 259 Å². The van der Waals surface area contributed by atoms with Crippen LogP contribution in [-0.4, -0.2) is 56.7 Å². The van der Waals surface area contributed by atoms with Gasteiger partial charge in [-0.1, -0.05) is 117 Å². The number of hydrogen-bond donors (Lipinski definition) is 5. The lowest BCUT2D eigenvalue weighted by molar-refractivity contribution is -0.128. The molecule has 0 aromatic heterocycles. The van der Waals surface area contributed by atoms with Gasteiger partial charge in [-0.3, -0.25) is 9.59 Å². The van der Waals surface area contributed by atoms with E-state index in [0.717, 1.165) is 42.4 Å². The molecule has 0 fully saturated rings. The molecule has 0 radical (unpaired) electrons. The molecule has 0 bridgehead atoms. The van der Waals surface area contributed by atoms with E-state index in [0.29, 0.717) is 6.54 Å². The summed E-state index contributed by atoms with van der Waals surface area (Å²) < 4.78 is 4.94. The monoisotopic (exact) mass is 601 g/mol. The molecule has 0 saturated carbocycles. The Hall–Kier alpha value is -4.86. The molecule has 3 aromatic rings. The lowest BCUT2D eigenvalue weighted by Crippen LogP contribution is -2.54. The largest absolute Gasteiger partial charge is 0.448 e. The summed E-state index contributed by atoms with van der Waals surface area (Å²) in [6, 6.07) is 27.1. The minimum Gasteiger partial charge on any atom is -0.448 e. The van der Waals surface area contributed by atoms with Gasteiger partial charge in [-0.15, -0.1) is 0 Å². The first kappa shape index (κ1) is 33.6. The average molecular weight is 602 g/mol. The molecular weight excluding hydrogens is 558 g/mol. The fraction of sp³-hybridized carbons (Fsp3) is 0.353. The van der Waals surface area contributed by atoms with E-state index in [1.807, 2.05) is 91.0 Å². The van der Waals surface area contributed by atoms with E-state index in [1.165, 1.54) is 7.05 Å². The smallest absolute Gasteiger partial charge is 0.406 e. The zero-order valence-electron chi connectivity index (χ0n) is 25.4. The average Bonchev–Trinajstić information content (AvgIpc) is 3.06. The highest BCUT2D eigenvalue weighted by atomic mass is 16.5. The molecule has 0 spiro atoms. The molecule has 0 aliphatic rings. The van der Waals surface area contributed by atoms with Crippen LogP contribution >= 0.6 is 0 Å². The lowest BCUT2D eigenvalue weighted by atomic mass is 9.77. The van der Waals surface area contributed by atoms with Crippen LogP contribution in [0.3, 0.4) is 0 Å². The van der Waals surface area contributed by atoms with Gasteiger partial charge in [-0.25, -0.2) is 9.59 Å². The predicted octanol–water partition coefficient (Wildman–Crippen LogP) is 4.21. The van der Waals surface area contributed by atoms with Crippen molar-refractivity contribution in [2.75, 3.05) is 26.7 Å². The molecule has 10 heteroatoms. The molecule has 1 atom stereocenters. The van der Waals surface area contributed by atoms with Crippen LogP contribution in [0, 0.1) is 0 Å². The number of benzene rings is 3. The second-order valence-electron chi connectivity index (χ2n) is 10.3. The molecule has 5 N–H and O–H groups in total. The SMILES string of the molecule is CCCCCCNC(=O)NC(CC(=O)NC(c1ccccc1)(c1ccccc1)c1ccccc1)C(=O)NCCOC(=O)NC. The summed E-state index contributed by atoms with van der Waals surface area (Å²) in [7, 11) is 1.43. The number of ether oxygens (including phenoxy) is 1. The molecule has 0 heterocycles. The van der Waals surface area contributed by atoms with Crippen molar-refractivity contribution in [2.45, 2.75) is 50.6 Å². The maximum absolute atomic E-state index is 13.9. The number of amides is 5. The number of alkyl carbamates (subject to hydrolysis) is 1. The highest BCUT2D eigenvalue weighted by molar-refractivity contribution is 5.92. The number of urea groups is 1. The van der Waals surface area contributed by atoms with Gasteiger partial charge in [0.15, 0.2) is 0 Å². The summed E-state index contributed by atoms with van der Waals surface area (Å²) in [5, 5.41) is 13.6. The summed E-state index contributed by atoms with van der Waals surface area (Å²) in [4.78, 5) is 51.3. The highest BCUT2D eigenvalue weighted by Crippen LogP contribution is 2.36. The second-order valence-corrected chi connectivity index (χ2v) is 10.3. The molecule has 10 nitrogen and oxygen atoms in total. The normalized spacial score (nSPS) is 11.5. The molecule has 5 amide bonds. The third-order valence-electron chi connectivity index (χ3n) is 7.11. The van der Waals surface area contributed by atoms with Gasteiger partial charge in [0.05, 0.1) is 13.0 Å². The number of carbonyl (C=O) groups excluding carboxylic acids is 4. The van der Waals surface area contributed by atoms with Gasteiger partial charge in [-0.2, -0.15) is 0 Å². The number of unbranched alkanes of at least 4 members (excludes halogenated alkanes) is 3. The second kappa shape index (κ2) is 17.9. The topological polar surface area (TPSA) is 138 Å². The number of rotatable bonds is 16. The van der Waals surface area contributed by atoms with Crippen LogP contribution in [0.4, 0.5) is 9.59 Å². The Morgan fingerprint density at radius 2 is 1.27 bits per heavy atom. The first-order chi connectivity index (χ1) is 21.4. The molecule has 0 aliphatic heterocycles. The van der Waals surface area contributed by atoms with Crippen molar-refractivity contribution in [3.8, 4) is 0 Å². The van der Waals surface area contributed by atoms with Crippen LogP contribution in [-0.2, 0) is 19.9 Å². The number of carbonyl (C=O) groups is 4. The van der Waals surface area contributed by atoms with E-state index in [-0.39, 0.29) is 19.6 Å². The standard InChI is InChI=1S/C34H43N5O5/c1-3-4-5-15-22-37-32(42)38-29(31(41)36-23-24-44-33(43)35-2)25-30(40)39-34(26-16-9-6-10-17-26,27-18-11-7-12-19-27)28-20-13-8-14-21-28/h6-14,16-21,29H,3-5,15,22-25H2,1-2H3,(H,35,43)(H,36,41)(H,39,40)(H2,37,38,42). The Bertz CT molecular complexity index is 1220. The third-order valence-corrected chi connectivity index (χ3v) is 7.11. The van der Waals surface area contributed by atoms with E-state index in [4.69, 9.17) is 4.74 Å². The van der Waals surface area contributed by atoms with E-state index in [1.54, 1.807) is 0 Å². The maximum Gasteiger partial charge on any atom is 0.406 e. The van der Waals surface area contributed by atoms with Crippen molar-refractivity contribution in [3.05, 3.63) is 108 Å². The van der Waals surface area contributed by atoms with E-state index >= 15 is 0 Å². The van der Waals surface area contributed by atoms with E-state index in [2.05, 4.69) is 33.5 Å². The van der Waals surface area contributed by atoms with Crippen LogP contribution in [0.5, 0.6) is 0 Å². The highest BCUT2D eigenvalue weighted by Gasteiger charge is 2.38. The molecule has 3 rings (SSSR count). The Kier molecular flexibility index (Phi) is 13.7. The lowest BCUT2D eigenvalue weighted by Gasteiger charge is -2.37. The van der Waals surface area contributed by atoms with Gasteiger partial charge in [0.25, 0.3) is 0 Å². The van der Waals surface area contributed by atoms with Crippen molar-refractivity contribution in [1.82, 2.24) is 26.6 Å². The first-order valence-electron chi connectivity index (χ1n) is 15.0. The number of nitrogens with one attached hydrogen (secondary N) is 5. The summed E-state index contributed by atoms with van der Waals surface area (Å²) in [6.45, 7) is 2.49. The van der Waals surface area contributed by atoms with Crippen molar-refractivity contribution >= 4 is 23.9 Å². The molecule has 234 valence electrons. The van der Waals surface area contributed by atoms with Gasteiger partial charge < -0.3 is 31.3 Å². The van der Waals surface area contributed by atoms with Crippen LogP contribution in [0.2, 0.25) is 0 Å². The summed E-state index contributed by atoms with van der Waals surface area (Å²) in [6.07, 6.45) is 2.97. The summed E-state index contributed by atoms with van der Waals surface area (Å²) in [5.74, 6) is -1.03. The Balaban J connectivity index is 1.86. The minimum atomic E-state index is -1.19. The quantitative estimate of drug-likeness (QED) is 0.124. The fourth-order valence-electron chi connectivity index (χ4n) is 4.91. The van der Waals surface area contributed by atoms with Gasteiger partial charge in [-0.05, 0) is 23.1 Å². The van der Waals surface area contributed by atoms with Crippen molar-refractivity contribution in [2.24, 2.45) is 0 Å². The Morgan fingerprint density at radius 3 is 1.77 bits per heavy atom. The summed E-state index contributed by atoms with van der Waals surface area (Å²) >= 11 is 0. The number of hydrogen-bond acceptors (Lipinski definition) is 5. The minimum absolute atomic E-state index is 0.00662. The van der Waals surface area contributed by atoms with Crippen molar-refractivity contribution in [1.29, 1.82) is 0 Å². The van der Waals surface area contributed by atoms with Gasteiger partial charge >= 0.3 is 12.1 Å². The van der Waals surface area contributed by atoms with Gasteiger partial charge in [0, 0.05) is 13.6 Å². The van der Waals surface area contributed by atoms with Crippen LogP contribution in [0.1, 0.15) is 55.7 Å². The van der Waals surface area contributed by atoms with Crippen LogP contribution in [0.25, 0.3) is 0 Å².